The number of aliphatic hydroxyl groups is 1. The van der Waals surface area contributed by atoms with Gasteiger partial charge >= 0.3 is 0 Å². The van der Waals surface area contributed by atoms with Gasteiger partial charge in [0.05, 0.1) is 18.8 Å². The Morgan fingerprint density at radius 3 is 2.66 bits per heavy atom. The largest absolute Gasteiger partial charge is 0.380 e. The number of ether oxygens (including phenoxy) is 1. The standard InChI is InChI=1S/C22H24N6O4/c1-22(19(29)20(30)25-16-4-2-15(14-23)3-5-16)21(31)27(12-13-32-22)18-8-11-28(26-18)17-6-9-24-10-7-17/h2-11,19,29H,12-14,23H2,1H3,(H,25,30)/t19-,22-/m0/s1. The van der Waals surface area contributed by atoms with Crippen molar-refractivity contribution in [3.05, 3.63) is 66.6 Å². The number of nitrogens with zero attached hydrogens (tertiary/aromatic N) is 4. The summed E-state index contributed by atoms with van der Waals surface area (Å²) in [7, 11) is 0. The van der Waals surface area contributed by atoms with E-state index in [1.807, 2.05) is 0 Å². The van der Waals surface area contributed by atoms with Crippen LogP contribution in [0.3, 0.4) is 0 Å². The summed E-state index contributed by atoms with van der Waals surface area (Å²) >= 11 is 0. The van der Waals surface area contributed by atoms with Gasteiger partial charge in [0.2, 0.25) is 0 Å². The second-order valence-electron chi connectivity index (χ2n) is 7.53. The Hall–Kier alpha value is -3.60. The molecule has 4 rings (SSSR count). The van der Waals surface area contributed by atoms with Gasteiger partial charge < -0.3 is 20.9 Å². The molecule has 0 aliphatic carbocycles. The molecule has 0 unspecified atom stereocenters. The first-order chi connectivity index (χ1) is 15.4. The van der Waals surface area contributed by atoms with Crippen LogP contribution in [0.25, 0.3) is 5.69 Å². The number of benzene rings is 1. The zero-order chi connectivity index (χ0) is 22.7. The first-order valence-corrected chi connectivity index (χ1v) is 10.1. The number of amides is 2. The molecule has 0 saturated carbocycles. The average Bonchev–Trinajstić information content (AvgIpc) is 3.31. The summed E-state index contributed by atoms with van der Waals surface area (Å²) in [6, 6.07) is 12.2. The van der Waals surface area contributed by atoms with Gasteiger partial charge in [-0.1, -0.05) is 12.1 Å². The van der Waals surface area contributed by atoms with Crippen molar-refractivity contribution in [2.75, 3.05) is 23.4 Å². The van der Waals surface area contributed by atoms with E-state index in [0.29, 0.717) is 18.1 Å². The smallest absolute Gasteiger partial charge is 0.263 e. The molecule has 10 heteroatoms. The topological polar surface area (TPSA) is 136 Å². The van der Waals surface area contributed by atoms with E-state index >= 15 is 0 Å². The molecule has 3 heterocycles. The van der Waals surface area contributed by atoms with E-state index in [2.05, 4.69) is 15.4 Å². The number of anilines is 2. The van der Waals surface area contributed by atoms with Crippen molar-refractivity contribution in [1.29, 1.82) is 0 Å². The van der Waals surface area contributed by atoms with Crippen LogP contribution in [0.5, 0.6) is 0 Å². The molecule has 4 N–H and O–H groups in total. The van der Waals surface area contributed by atoms with Gasteiger partial charge in [-0.2, -0.15) is 0 Å². The predicted octanol–water partition coefficient (Wildman–Crippen LogP) is 0.847. The van der Waals surface area contributed by atoms with Crippen molar-refractivity contribution in [2.24, 2.45) is 5.73 Å². The van der Waals surface area contributed by atoms with Gasteiger partial charge in [-0.3, -0.25) is 19.5 Å². The van der Waals surface area contributed by atoms with Gasteiger partial charge in [0, 0.05) is 36.9 Å². The summed E-state index contributed by atoms with van der Waals surface area (Å²) in [6.07, 6.45) is 3.28. The van der Waals surface area contributed by atoms with Crippen molar-refractivity contribution in [1.82, 2.24) is 14.8 Å². The SMILES string of the molecule is C[C@@]1([C@@H](O)C(=O)Nc2ccc(CN)cc2)OCCN(c2ccn(-c3ccncc3)n2)C1=O. The molecule has 1 aliphatic rings. The summed E-state index contributed by atoms with van der Waals surface area (Å²) in [5.74, 6) is -0.901. The quantitative estimate of drug-likeness (QED) is 0.521. The summed E-state index contributed by atoms with van der Waals surface area (Å²) in [6.45, 7) is 2.17. The lowest BCUT2D eigenvalue weighted by atomic mass is 9.94. The van der Waals surface area contributed by atoms with E-state index in [0.717, 1.165) is 11.3 Å². The fourth-order valence-corrected chi connectivity index (χ4v) is 3.48. The number of hydrogen-bond acceptors (Lipinski definition) is 7. The molecule has 0 bridgehead atoms. The molecule has 166 valence electrons. The van der Waals surface area contributed by atoms with Crippen molar-refractivity contribution >= 4 is 23.3 Å². The second-order valence-corrected chi connectivity index (χ2v) is 7.53. The minimum absolute atomic E-state index is 0.139. The minimum atomic E-state index is -1.76. The van der Waals surface area contributed by atoms with Crippen molar-refractivity contribution in [3.8, 4) is 5.69 Å². The Morgan fingerprint density at radius 2 is 1.97 bits per heavy atom. The molecule has 3 aromatic rings. The molecule has 10 nitrogen and oxygen atoms in total. The molecule has 1 fully saturated rings. The summed E-state index contributed by atoms with van der Waals surface area (Å²) < 4.78 is 7.23. The van der Waals surface area contributed by atoms with E-state index in [4.69, 9.17) is 10.5 Å². The van der Waals surface area contributed by atoms with Gasteiger partial charge in [0.25, 0.3) is 11.8 Å². The Bertz CT molecular complexity index is 1100. The van der Waals surface area contributed by atoms with Gasteiger partial charge in [-0.15, -0.1) is 5.10 Å². The highest BCUT2D eigenvalue weighted by Crippen LogP contribution is 2.28. The number of carbonyl (C=O) groups excluding carboxylic acids is 2. The fourth-order valence-electron chi connectivity index (χ4n) is 3.48. The highest BCUT2D eigenvalue weighted by Gasteiger charge is 2.51. The van der Waals surface area contributed by atoms with Crippen LogP contribution in [-0.4, -0.2) is 56.5 Å². The Balaban J connectivity index is 1.50. The Labute approximate surface area is 184 Å². The third-order valence-electron chi connectivity index (χ3n) is 5.39. The summed E-state index contributed by atoms with van der Waals surface area (Å²) in [4.78, 5) is 31.3. The molecule has 2 amide bonds. The molecule has 1 saturated heterocycles. The monoisotopic (exact) mass is 436 g/mol. The predicted molar refractivity (Wildman–Crippen MR) is 117 cm³/mol. The highest BCUT2D eigenvalue weighted by atomic mass is 16.5. The molecular weight excluding hydrogens is 412 g/mol. The van der Waals surface area contributed by atoms with Crippen LogP contribution in [0.1, 0.15) is 12.5 Å². The maximum absolute atomic E-state index is 13.3. The lowest BCUT2D eigenvalue weighted by molar-refractivity contribution is -0.170. The lowest BCUT2D eigenvalue weighted by Crippen LogP contribution is -2.63. The van der Waals surface area contributed by atoms with Crippen LogP contribution < -0.4 is 16.0 Å². The van der Waals surface area contributed by atoms with Crippen molar-refractivity contribution < 1.29 is 19.4 Å². The Morgan fingerprint density at radius 1 is 1.25 bits per heavy atom. The number of nitrogens with two attached hydrogens (primary N) is 1. The number of morpholine rings is 1. The van der Waals surface area contributed by atoms with Crippen LogP contribution >= 0.6 is 0 Å². The Kier molecular flexibility index (Phi) is 5.99. The first kappa shape index (κ1) is 21.6. The number of nitrogens with one attached hydrogen (secondary N) is 1. The van der Waals surface area contributed by atoms with Crippen molar-refractivity contribution in [2.45, 2.75) is 25.2 Å². The third-order valence-corrected chi connectivity index (χ3v) is 5.39. The lowest BCUT2D eigenvalue weighted by Gasteiger charge is -2.40. The van der Waals surface area contributed by atoms with Gasteiger partial charge in [-0.05, 0) is 36.8 Å². The number of pyridine rings is 1. The molecule has 32 heavy (non-hydrogen) atoms. The molecule has 2 atom stereocenters. The minimum Gasteiger partial charge on any atom is -0.380 e. The van der Waals surface area contributed by atoms with Crippen LogP contribution in [0.4, 0.5) is 11.5 Å². The van der Waals surface area contributed by atoms with E-state index in [9.17, 15) is 14.7 Å². The maximum atomic E-state index is 13.3. The maximum Gasteiger partial charge on any atom is 0.263 e. The molecule has 0 radical (unpaired) electrons. The number of aliphatic hydroxyl groups excluding tert-OH is 1. The van der Waals surface area contributed by atoms with Crippen LogP contribution in [0.2, 0.25) is 0 Å². The van der Waals surface area contributed by atoms with Crippen molar-refractivity contribution in [3.63, 3.8) is 0 Å². The normalized spacial score (nSPS) is 19.6. The van der Waals surface area contributed by atoms with E-state index in [1.54, 1.807) is 65.7 Å². The number of carbonyl (C=O) groups is 2. The van der Waals surface area contributed by atoms with E-state index < -0.39 is 23.5 Å². The van der Waals surface area contributed by atoms with Gasteiger partial charge in [0.1, 0.15) is 0 Å². The van der Waals surface area contributed by atoms with E-state index in [1.165, 1.54) is 11.8 Å². The summed E-state index contributed by atoms with van der Waals surface area (Å²) in [5, 5.41) is 17.8. The van der Waals surface area contributed by atoms with Crippen LogP contribution in [0, 0.1) is 0 Å². The zero-order valence-corrected chi connectivity index (χ0v) is 17.5. The average molecular weight is 436 g/mol. The zero-order valence-electron chi connectivity index (χ0n) is 17.5. The van der Waals surface area contributed by atoms with Gasteiger partial charge in [0.15, 0.2) is 17.5 Å². The molecule has 1 aromatic carbocycles. The molecule has 0 spiro atoms. The molecule has 2 aromatic heterocycles. The number of rotatable bonds is 6. The second kappa shape index (κ2) is 8.87. The summed E-state index contributed by atoms with van der Waals surface area (Å²) in [5.41, 5.74) is 5.99. The first-order valence-electron chi connectivity index (χ1n) is 10.1. The van der Waals surface area contributed by atoms with E-state index in [-0.39, 0.29) is 13.2 Å². The number of hydrogen-bond donors (Lipinski definition) is 3. The van der Waals surface area contributed by atoms with Crippen LogP contribution in [-0.2, 0) is 20.9 Å². The molecule has 1 aliphatic heterocycles. The van der Waals surface area contributed by atoms with Crippen LogP contribution in [0.15, 0.2) is 61.1 Å². The molecular formula is C22H24N6O4. The van der Waals surface area contributed by atoms with Gasteiger partial charge in [-0.25, -0.2) is 4.68 Å². The highest BCUT2D eigenvalue weighted by molar-refractivity contribution is 6.05. The number of aromatic nitrogens is 3. The fraction of sp³-hybridized carbons (Fsp3) is 0.273. The third kappa shape index (κ3) is 4.11.